The molecule has 0 saturated heterocycles. The van der Waals surface area contributed by atoms with E-state index in [0.717, 1.165) is 42.7 Å². The van der Waals surface area contributed by atoms with Crippen molar-refractivity contribution in [1.29, 1.82) is 0 Å². The third-order valence-corrected chi connectivity index (χ3v) is 3.36. The molecule has 0 atom stereocenters. The SMILES string of the molecule is CCCCOc1ccc(CCC(=O)OC)cc1OCCCC. The summed E-state index contributed by atoms with van der Waals surface area (Å²) in [6, 6.07) is 5.89. The van der Waals surface area contributed by atoms with Crippen LogP contribution in [-0.2, 0) is 16.0 Å². The zero-order valence-electron chi connectivity index (χ0n) is 14.0. The van der Waals surface area contributed by atoms with Crippen LogP contribution in [0.25, 0.3) is 0 Å². The van der Waals surface area contributed by atoms with Crippen LogP contribution in [0.5, 0.6) is 11.5 Å². The number of methoxy groups -OCH3 is 1. The van der Waals surface area contributed by atoms with Gasteiger partial charge in [0.25, 0.3) is 0 Å². The van der Waals surface area contributed by atoms with Crippen molar-refractivity contribution >= 4 is 5.97 Å². The van der Waals surface area contributed by atoms with Crippen LogP contribution in [0.1, 0.15) is 51.5 Å². The molecule has 0 spiro atoms. The maximum absolute atomic E-state index is 11.2. The molecule has 0 bridgehead atoms. The Bertz CT molecular complexity index is 443. The van der Waals surface area contributed by atoms with Crippen LogP contribution in [0.4, 0.5) is 0 Å². The van der Waals surface area contributed by atoms with Gasteiger partial charge in [-0.3, -0.25) is 4.79 Å². The molecular weight excluding hydrogens is 280 g/mol. The second kappa shape index (κ2) is 10.9. The first-order chi connectivity index (χ1) is 10.7. The van der Waals surface area contributed by atoms with Crippen molar-refractivity contribution in [2.75, 3.05) is 20.3 Å². The highest BCUT2D eigenvalue weighted by molar-refractivity contribution is 5.69. The monoisotopic (exact) mass is 308 g/mol. The highest BCUT2D eigenvalue weighted by Crippen LogP contribution is 2.29. The van der Waals surface area contributed by atoms with Gasteiger partial charge in [0.15, 0.2) is 11.5 Å². The number of hydrogen-bond acceptors (Lipinski definition) is 4. The van der Waals surface area contributed by atoms with Crippen molar-refractivity contribution in [2.45, 2.75) is 52.4 Å². The molecule has 1 aromatic carbocycles. The zero-order valence-corrected chi connectivity index (χ0v) is 14.0. The zero-order chi connectivity index (χ0) is 16.2. The molecule has 0 amide bonds. The molecule has 0 aliphatic carbocycles. The molecular formula is C18H28O4. The molecule has 0 fully saturated rings. The summed E-state index contributed by atoms with van der Waals surface area (Å²) in [6.45, 7) is 5.65. The van der Waals surface area contributed by atoms with Crippen molar-refractivity contribution in [3.05, 3.63) is 23.8 Å². The quantitative estimate of drug-likeness (QED) is 0.455. The number of ether oxygens (including phenoxy) is 3. The van der Waals surface area contributed by atoms with E-state index >= 15 is 0 Å². The summed E-state index contributed by atoms with van der Waals surface area (Å²) in [7, 11) is 1.41. The van der Waals surface area contributed by atoms with E-state index in [-0.39, 0.29) is 5.97 Å². The van der Waals surface area contributed by atoms with Crippen LogP contribution in [0.3, 0.4) is 0 Å². The fourth-order valence-corrected chi connectivity index (χ4v) is 1.94. The minimum atomic E-state index is -0.197. The molecule has 4 heteroatoms. The first kappa shape index (κ1) is 18.3. The van der Waals surface area contributed by atoms with Gasteiger partial charge in [0, 0.05) is 6.42 Å². The lowest BCUT2D eigenvalue weighted by Crippen LogP contribution is -2.04. The van der Waals surface area contributed by atoms with Crippen LogP contribution in [0, 0.1) is 0 Å². The molecule has 0 N–H and O–H groups in total. The van der Waals surface area contributed by atoms with E-state index in [1.165, 1.54) is 7.11 Å². The lowest BCUT2D eigenvalue weighted by Gasteiger charge is -2.14. The fraction of sp³-hybridized carbons (Fsp3) is 0.611. The highest BCUT2D eigenvalue weighted by atomic mass is 16.5. The molecule has 0 aliphatic heterocycles. The summed E-state index contributed by atoms with van der Waals surface area (Å²) in [5.74, 6) is 1.36. The molecule has 1 rings (SSSR count). The predicted molar refractivity (Wildman–Crippen MR) is 87.6 cm³/mol. The number of hydrogen-bond donors (Lipinski definition) is 0. The van der Waals surface area contributed by atoms with Crippen LogP contribution in [0.15, 0.2) is 18.2 Å². The standard InChI is InChI=1S/C18H28O4/c1-4-6-12-21-16-10-8-15(9-11-18(19)20-3)14-17(16)22-13-7-5-2/h8,10,14H,4-7,9,11-13H2,1-3H3. The molecule has 0 radical (unpaired) electrons. The van der Waals surface area contributed by atoms with Gasteiger partial charge in [0.05, 0.1) is 20.3 Å². The molecule has 0 aliphatic rings. The second-order valence-corrected chi connectivity index (χ2v) is 5.26. The van der Waals surface area contributed by atoms with E-state index in [1.54, 1.807) is 0 Å². The summed E-state index contributed by atoms with van der Waals surface area (Å²) >= 11 is 0. The number of unbranched alkanes of at least 4 members (excludes halogenated alkanes) is 2. The summed E-state index contributed by atoms with van der Waals surface area (Å²) in [5.41, 5.74) is 1.06. The smallest absolute Gasteiger partial charge is 0.305 e. The molecule has 1 aromatic rings. The number of benzene rings is 1. The number of carbonyl (C=O) groups excluding carboxylic acids is 1. The largest absolute Gasteiger partial charge is 0.490 e. The molecule has 0 aromatic heterocycles. The number of esters is 1. The van der Waals surface area contributed by atoms with Crippen LogP contribution < -0.4 is 9.47 Å². The molecule has 4 nitrogen and oxygen atoms in total. The van der Waals surface area contributed by atoms with E-state index in [0.29, 0.717) is 26.1 Å². The van der Waals surface area contributed by atoms with E-state index < -0.39 is 0 Å². The molecule has 0 heterocycles. The Balaban J connectivity index is 2.71. The average Bonchev–Trinajstić information content (AvgIpc) is 2.54. The van der Waals surface area contributed by atoms with E-state index in [9.17, 15) is 4.79 Å². The molecule has 124 valence electrons. The lowest BCUT2D eigenvalue weighted by atomic mass is 10.1. The van der Waals surface area contributed by atoms with E-state index in [1.807, 2.05) is 18.2 Å². The summed E-state index contributed by atoms with van der Waals surface area (Å²) < 4.78 is 16.3. The van der Waals surface area contributed by atoms with Crippen molar-refractivity contribution in [2.24, 2.45) is 0 Å². The Morgan fingerprint density at radius 2 is 1.64 bits per heavy atom. The third-order valence-electron chi connectivity index (χ3n) is 3.36. The number of aryl methyl sites for hydroxylation is 1. The molecule has 0 unspecified atom stereocenters. The van der Waals surface area contributed by atoms with Crippen molar-refractivity contribution in [1.82, 2.24) is 0 Å². The Morgan fingerprint density at radius 1 is 1.00 bits per heavy atom. The highest BCUT2D eigenvalue weighted by Gasteiger charge is 2.09. The number of carbonyl (C=O) groups is 1. The first-order valence-corrected chi connectivity index (χ1v) is 8.16. The molecule has 0 saturated carbocycles. The van der Waals surface area contributed by atoms with Crippen molar-refractivity contribution in [3.63, 3.8) is 0 Å². The Labute approximate surface area is 133 Å². The topological polar surface area (TPSA) is 44.8 Å². The van der Waals surface area contributed by atoms with Crippen LogP contribution in [-0.4, -0.2) is 26.3 Å². The van der Waals surface area contributed by atoms with Gasteiger partial charge in [-0.05, 0) is 37.0 Å². The summed E-state index contributed by atoms with van der Waals surface area (Å²) in [5, 5.41) is 0. The van der Waals surface area contributed by atoms with Crippen LogP contribution in [0.2, 0.25) is 0 Å². The van der Waals surface area contributed by atoms with Gasteiger partial charge < -0.3 is 14.2 Å². The van der Waals surface area contributed by atoms with Gasteiger partial charge in [-0.15, -0.1) is 0 Å². The van der Waals surface area contributed by atoms with Gasteiger partial charge in [-0.25, -0.2) is 0 Å². The minimum absolute atomic E-state index is 0.197. The van der Waals surface area contributed by atoms with Crippen molar-refractivity contribution in [3.8, 4) is 11.5 Å². The van der Waals surface area contributed by atoms with E-state index in [2.05, 4.69) is 18.6 Å². The second-order valence-electron chi connectivity index (χ2n) is 5.26. The summed E-state index contributed by atoms with van der Waals surface area (Å²) in [4.78, 5) is 11.2. The minimum Gasteiger partial charge on any atom is -0.490 e. The van der Waals surface area contributed by atoms with Gasteiger partial charge in [-0.1, -0.05) is 32.8 Å². The average molecular weight is 308 g/mol. The first-order valence-electron chi connectivity index (χ1n) is 8.16. The van der Waals surface area contributed by atoms with Gasteiger partial charge >= 0.3 is 5.97 Å². The Kier molecular flexibility index (Phi) is 9.12. The fourth-order valence-electron chi connectivity index (χ4n) is 1.94. The summed E-state index contributed by atoms with van der Waals surface area (Å²) in [6.07, 6.45) is 5.25. The van der Waals surface area contributed by atoms with Crippen molar-refractivity contribution < 1.29 is 19.0 Å². The predicted octanol–water partition coefficient (Wildman–Crippen LogP) is 4.15. The Morgan fingerprint density at radius 3 is 2.23 bits per heavy atom. The number of rotatable bonds is 11. The van der Waals surface area contributed by atoms with E-state index in [4.69, 9.17) is 9.47 Å². The maximum atomic E-state index is 11.2. The maximum Gasteiger partial charge on any atom is 0.305 e. The third kappa shape index (κ3) is 6.83. The van der Waals surface area contributed by atoms with Gasteiger partial charge in [0.1, 0.15) is 0 Å². The normalized spacial score (nSPS) is 10.3. The van der Waals surface area contributed by atoms with Gasteiger partial charge in [-0.2, -0.15) is 0 Å². The lowest BCUT2D eigenvalue weighted by molar-refractivity contribution is -0.140. The van der Waals surface area contributed by atoms with Gasteiger partial charge in [0.2, 0.25) is 0 Å². The Hall–Kier alpha value is -1.71. The van der Waals surface area contributed by atoms with Crippen LogP contribution >= 0.6 is 0 Å². The molecule has 22 heavy (non-hydrogen) atoms.